The highest BCUT2D eigenvalue weighted by Gasteiger charge is 2.23. The summed E-state index contributed by atoms with van der Waals surface area (Å²) in [6, 6.07) is 12.6. The Morgan fingerprint density at radius 2 is 1.88 bits per heavy atom. The number of carbonyl (C=O) groups is 1. The van der Waals surface area contributed by atoms with Crippen LogP contribution in [-0.2, 0) is 4.79 Å². The van der Waals surface area contributed by atoms with Crippen LogP contribution in [0.4, 0.5) is 5.69 Å². The SMILES string of the molecule is COc1ccc(N=C2NC(=O)/C(=C\c3ccc(OC)c(Cl)c3)S2)cc1. The number of aliphatic imine (C=N–C) groups is 1. The molecule has 1 saturated heterocycles. The summed E-state index contributed by atoms with van der Waals surface area (Å²) in [7, 11) is 3.16. The molecule has 1 N–H and O–H groups in total. The molecule has 5 nitrogen and oxygen atoms in total. The average molecular weight is 375 g/mol. The van der Waals surface area contributed by atoms with Gasteiger partial charge in [-0.25, -0.2) is 4.99 Å². The van der Waals surface area contributed by atoms with Crippen LogP contribution < -0.4 is 14.8 Å². The lowest BCUT2D eigenvalue weighted by atomic mass is 10.2. The molecular weight excluding hydrogens is 360 g/mol. The zero-order valence-electron chi connectivity index (χ0n) is 13.6. The fourth-order valence-electron chi connectivity index (χ4n) is 2.18. The Balaban J connectivity index is 1.79. The van der Waals surface area contributed by atoms with Crippen molar-refractivity contribution in [3.8, 4) is 11.5 Å². The molecule has 1 aliphatic heterocycles. The van der Waals surface area contributed by atoms with Gasteiger partial charge < -0.3 is 14.8 Å². The van der Waals surface area contributed by atoms with E-state index in [9.17, 15) is 4.79 Å². The van der Waals surface area contributed by atoms with Crippen LogP contribution in [0, 0.1) is 0 Å². The standard InChI is InChI=1S/C18H15ClN2O3S/c1-23-13-6-4-12(5-7-13)20-18-21-17(22)16(25-18)10-11-3-8-15(24-2)14(19)9-11/h3-10H,1-2H3,(H,20,21,22)/b16-10+. The Kier molecular flexibility index (Phi) is 5.31. The zero-order valence-corrected chi connectivity index (χ0v) is 15.1. The highest BCUT2D eigenvalue weighted by Crippen LogP contribution is 2.31. The number of benzene rings is 2. The first-order valence-electron chi connectivity index (χ1n) is 7.36. The number of amides is 1. The number of rotatable bonds is 4. The highest BCUT2D eigenvalue weighted by atomic mass is 35.5. The maximum absolute atomic E-state index is 12.1. The number of hydrogen-bond donors (Lipinski definition) is 1. The Morgan fingerprint density at radius 1 is 1.12 bits per heavy atom. The number of methoxy groups -OCH3 is 2. The van der Waals surface area contributed by atoms with Gasteiger partial charge in [-0.1, -0.05) is 17.7 Å². The number of hydrogen-bond acceptors (Lipinski definition) is 5. The van der Waals surface area contributed by atoms with Crippen LogP contribution in [0.25, 0.3) is 6.08 Å². The molecular formula is C18H15ClN2O3S. The first-order valence-corrected chi connectivity index (χ1v) is 8.55. The second kappa shape index (κ2) is 7.63. The van der Waals surface area contributed by atoms with E-state index < -0.39 is 0 Å². The summed E-state index contributed by atoms with van der Waals surface area (Å²) in [5.41, 5.74) is 1.55. The zero-order chi connectivity index (χ0) is 17.8. The molecule has 0 radical (unpaired) electrons. The molecule has 0 aromatic heterocycles. The Bertz CT molecular complexity index is 863. The van der Waals surface area contributed by atoms with Crippen LogP contribution in [0.15, 0.2) is 52.4 Å². The van der Waals surface area contributed by atoms with Crippen molar-refractivity contribution in [1.82, 2.24) is 5.32 Å². The monoisotopic (exact) mass is 374 g/mol. The van der Waals surface area contributed by atoms with Crippen LogP contribution in [0.2, 0.25) is 5.02 Å². The number of nitrogens with zero attached hydrogens (tertiary/aromatic N) is 1. The molecule has 1 fully saturated rings. The van der Waals surface area contributed by atoms with E-state index in [0.29, 0.717) is 20.8 Å². The molecule has 2 aromatic rings. The van der Waals surface area contributed by atoms with Gasteiger partial charge in [-0.3, -0.25) is 4.79 Å². The van der Waals surface area contributed by atoms with E-state index in [1.807, 2.05) is 30.3 Å². The summed E-state index contributed by atoms with van der Waals surface area (Å²) < 4.78 is 10.2. The Hall–Kier alpha value is -2.44. The Morgan fingerprint density at radius 3 is 2.52 bits per heavy atom. The molecule has 1 aliphatic rings. The third-order valence-electron chi connectivity index (χ3n) is 3.43. The van der Waals surface area contributed by atoms with E-state index in [2.05, 4.69) is 10.3 Å². The van der Waals surface area contributed by atoms with Crippen molar-refractivity contribution < 1.29 is 14.3 Å². The second-order valence-corrected chi connectivity index (χ2v) is 6.51. The number of ether oxygens (including phenoxy) is 2. The van der Waals surface area contributed by atoms with Crippen molar-refractivity contribution in [3.05, 3.63) is 58.0 Å². The molecule has 1 amide bonds. The molecule has 25 heavy (non-hydrogen) atoms. The summed E-state index contributed by atoms with van der Waals surface area (Å²) in [5.74, 6) is 1.15. The molecule has 0 bridgehead atoms. The van der Waals surface area contributed by atoms with Crippen molar-refractivity contribution in [2.24, 2.45) is 4.99 Å². The third-order valence-corrected chi connectivity index (χ3v) is 4.63. The van der Waals surface area contributed by atoms with Crippen molar-refractivity contribution >= 4 is 46.2 Å². The minimum Gasteiger partial charge on any atom is -0.497 e. The van der Waals surface area contributed by atoms with E-state index in [-0.39, 0.29) is 5.91 Å². The molecule has 3 rings (SSSR count). The van der Waals surface area contributed by atoms with Gasteiger partial charge in [0.1, 0.15) is 11.5 Å². The van der Waals surface area contributed by atoms with E-state index >= 15 is 0 Å². The molecule has 2 aromatic carbocycles. The van der Waals surface area contributed by atoms with Crippen LogP contribution in [0.1, 0.15) is 5.56 Å². The number of thioether (sulfide) groups is 1. The molecule has 7 heteroatoms. The first-order chi connectivity index (χ1) is 12.1. The lowest BCUT2D eigenvalue weighted by molar-refractivity contribution is -0.115. The van der Waals surface area contributed by atoms with E-state index in [1.165, 1.54) is 11.8 Å². The maximum Gasteiger partial charge on any atom is 0.264 e. The van der Waals surface area contributed by atoms with Crippen molar-refractivity contribution in [2.75, 3.05) is 14.2 Å². The average Bonchev–Trinajstić information content (AvgIpc) is 2.95. The predicted octanol–water partition coefficient (Wildman–Crippen LogP) is 4.25. The smallest absolute Gasteiger partial charge is 0.264 e. The molecule has 0 spiro atoms. The normalized spacial score (nSPS) is 17.0. The van der Waals surface area contributed by atoms with Gasteiger partial charge in [0.25, 0.3) is 5.91 Å². The summed E-state index contributed by atoms with van der Waals surface area (Å²) in [4.78, 5) is 17.1. The summed E-state index contributed by atoms with van der Waals surface area (Å²) >= 11 is 7.40. The van der Waals surface area contributed by atoms with Gasteiger partial charge in [0, 0.05) is 0 Å². The number of halogens is 1. The number of nitrogens with one attached hydrogen (secondary N) is 1. The molecule has 0 aliphatic carbocycles. The van der Waals surface area contributed by atoms with Gasteiger partial charge in [0.15, 0.2) is 5.17 Å². The minimum atomic E-state index is -0.191. The van der Waals surface area contributed by atoms with Crippen molar-refractivity contribution in [3.63, 3.8) is 0 Å². The molecule has 0 unspecified atom stereocenters. The molecule has 0 saturated carbocycles. The van der Waals surface area contributed by atoms with Crippen LogP contribution in [0.5, 0.6) is 11.5 Å². The van der Waals surface area contributed by atoms with Gasteiger partial charge in [0.2, 0.25) is 0 Å². The van der Waals surface area contributed by atoms with Crippen molar-refractivity contribution in [1.29, 1.82) is 0 Å². The molecule has 0 atom stereocenters. The fraction of sp³-hybridized carbons (Fsp3) is 0.111. The van der Waals surface area contributed by atoms with E-state index in [4.69, 9.17) is 21.1 Å². The van der Waals surface area contributed by atoms with Crippen LogP contribution in [-0.4, -0.2) is 25.3 Å². The lowest BCUT2D eigenvalue weighted by Gasteiger charge is -2.03. The highest BCUT2D eigenvalue weighted by molar-refractivity contribution is 8.18. The summed E-state index contributed by atoms with van der Waals surface area (Å²) in [5, 5.41) is 3.78. The fourth-order valence-corrected chi connectivity index (χ4v) is 3.29. The second-order valence-electron chi connectivity index (χ2n) is 5.07. The van der Waals surface area contributed by atoms with Gasteiger partial charge in [-0.05, 0) is 59.8 Å². The van der Waals surface area contributed by atoms with E-state index in [1.54, 1.807) is 32.4 Å². The Labute approximate surface area is 154 Å². The molecule has 128 valence electrons. The van der Waals surface area contributed by atoms with Crippen LogP contribution >= 0.6 is 23.4 Å². The number of amidine groups is 1. The predicted molar refractivity (Wildman–Crippen MR) is 102 cm³/mol. The van der Waals surface area contributed by atoms with Gasteiger partial charge in [0.05, 0.1) is 29.8 Å². The maximum atomic E-state index is 12.1. The van der Waals surface area contributed by atoms with E-state index in [0.717, 1.165) is 17.0 Å². The van der Waals surface area contributed by atoms with Gasteiger partial charge in [-0.2, -0.15) is 0 Å². The molecule has 1 heterocycles. The quantitative estimate of drug-likeness (QED) is 0.813. The van der Waals surface area contributed by atoms with Crippen LogP contribution in [0.3, 0.4) is 0 Å². The largest absolute Gasteiger partial charge is 0.497 e. The first kappa shape index (κ1) is 17.4. The van der Waals surface area contributed by atoms with Gasteiger partial charge in [-0.15, -0.1) is 0 Å². The summed E-state index contributed by atoms with van der Waals surface area (Å²) in [6.07, 6.45) is 1.77. The third kappa shape index (κ3) is 4.15. The summed E-state index contributed by atoms with van der Waals surface area (Å²) in [6.45, 7) is 0. The topological polar surface area (TPSA) is 59.9 Å². The lowest BCUT2D eigenvalue weighted by Crippen LogP contribution is -2.19. The minimum absolute atomic E-state index is 0.191. The number of carbonyl (C=O) groups excluding carboxylic acids is 1. The van der Waals surface area contributed by atoms with Gasteiger partial charge >= 0.3 is 0 Å². The van der Waals surface area contributed by atoms with Crippen molar-refractivity contribution in [2.45, 2.75) is 0 Å².